The first kappa shape index (κ1) is 16.2. The number of rotatable bonds is 4. The first-order valence-corrected chi connectivity index (χ1v) is 8.10. The molecule has 2 heterocycles. The van der Waals surface area contributed by atoms with Gasteiger partial charge in [0.1, 0.15) is 5.75 Å². The van der Waals surface area contributed by atoms with Crippen molar-refractivity contribution in [2.24, 2.45) is 0 Å². The van der Waals surface area contributed by atoms with Crippen LogP contribution < -0.4 is 10.1 Å². The number of fused-ring (bicyclic) bond motifs is 1. The monoisotopic (exact) mass is 327 g/mol. The number of hydrogen-bond donors (Lipinski definition) is 1. The van der Waals surface area contributed by atoms with Gasteiger partial charge in [0.2, 0.25) is 5.91 Å². The van der Waals surface area contributed by atoms with E-state index in [0.717, 1.165) is 19.4 Å². The summed E-state index contributed by atoms with van der Waals surface area (Å²) in [5.41, 5.74) is 1.20. The van der Waals surface area contributed by atoms with Gasteiger partial charge in [0, 0.05) is 24.2 Å². The average molecular weight is 327 g/mol. The van der Waals surface area contributed by atoms with Crippen LogP contribution in [-0.4, -0.2) is 47.9 Å². The van der Waals surface area contributed by atoms with Crippen LogP contribution in [-0.2, 0) is 4.79 Å². The highest BCUT2D eigenvalue weighted by Gasteiger charge is 2.25. The average Bonchev–Trinajstić information content (AvgIpc) is 3.04. The lowest BCUT2D eigenvalue weighted by Crippen LogP contribution is -2.41. The summed E-state index contributed by atoms with van der Waals surface area (Å²) in [5, 5.41) is 3.43. The number of carbonyl (C=O) groups is 2. The molecule has 0 radical (unpaired) electrons. The Morgan fingerprint density at radius 2 is 2.21 bits per heavy atom. The van der Waals surface area contributed by atoms with E-state index < -0.39 is 0 Å². The van der Waals surface area contributed by atoms with Crippen molar-refractivity contribution in [3.63, 3.8) is 0 Å². The van der Waals surface area contributed by atoms with Crippen molar-refractivity contribution in [1.29, 1.82) is 0 Å². The van der Waals surface area contributed by atoms with Gasteiger partial charge in [-0.3, -0.25) is 14.6 Å². The first-order chi connectivity index (χ1) is 11.6. The molecule has 0 bridgehead atoms. The second-order valence-corrected chi connectivity index (χ2v) is 6.00. The number of aromatic nitrogens is 1. The van der Waals surface area contributed by atoms with E-state index in [4.69, 9.17) is 4.74 Å². The van der Waals surface area contributed by atoms with Crippen molar-refractivity contribution in [3.8, 4) is 5.75 Å². The van der Waals surface area contributed by atoms with Crippen LogP contribution in [0.3, 0.4) is 0 Å². The number of pyridine rings is 1. The molecule has 6 nitrogen and oxygen atoms in total. The number of nitrogens with zero attached hydrogens (tertiary/aromatic N) is 2. The van der Waals surface area contributed by atoms with Gasteiger partial charge < -0.3 is 15.0 Å². The van der Waals surface area contributed by atoms with Gasteiger partial charge in [-0.15, -0.1) is 0 Å². The molecule has 2 amide bonds. The maximum Gasteiger partial charge on any atom is 0.252 e. The number of ether oxygens (including phenoxy) is 1. The maximum atomic E-state index is 12.5. The van der Waals surface area contributed by atoms with Gasteiger partial charge in [0.15, 0.2) is 0 Å². The highest BCUT2D eigenvalue weighted by atomic mass is 16.5. The zero-order chi connectivity index (χ0) is 17.1. The zero-order valence-electron chi connectivity index (χ0n) is 13.9. The molecule has 0 aliphatic carbocycles. The molecular weight excluding hydrogens is 306 g/mol. The Kier molecular flexibility index (Phi) is 4.64. The molecule has 1 N–H and O–H groups in total. The van der Waals surface area contributed by atoms with Gasteiger partial charge in [0.05, 0.1) is 24.7 Å². The van der Waals surface area contributed by atoms with Crippen LogP contribution in [0.5, 0.6) is 5.75 Å². The van der Waals surface area contributed by atoms with Crippen molar-refractivity contribution in [1.82, 2.24) is 15.2 Å². The molecule has 0 saturated carbocycles. The van der Waals surface area contributed by atoms with Crippen LogP contribution in [0.2, 0.25) is 0 Å². The van der Waals surface area contributed by atoms with Gasteiger partial charge >= 0.3 is 0 Å². The van der Waals surface area contributed by atoms with E-state index in [1.165, 1.54) is 0 Å². The molecule has 6 heteroatoms. The minimum absolute atomic E-state index is 0.0109. The molecule has 126 valence electrons. The number of nitrogens with one attached hydrogen (secondary N) is 1. The highest BCUT2D eigenvalue weighted by molar-refractivity contribution is 6.07. The fourth-order valence-corrected chi connectivity index (χ4v) is 3.11. The molecule has 1 aromatic heterocycles. The molecule has 0 unspecified atom stereocenters. The second kappa shape index (κ2) is 6.86. The second-order valence-electron chi connectivity index (χ2n) is 6.00. The van der Waals surface area contributed by atoms with Gasteiger partial charge in [0.25, 0.3) is 5.91 Å². The van der Waals surface area contributed by atoms with Crippen molar-refractivity contribution >= 4 is 22.7 Å². The summed E-state index contributed by atoms with van der Waals surface area (Å²) < 4.78 is 5.21. The number of amides is 2. The third-order valence-corrected chi connectivity index (χ3v) is 4.47. The van der Waals surface area contributed by atoms with E-state index in [2.05, 4.69) is 10.3 Å². The normalized spacial score (nSPS) is 17.1. The van der Waals surface area contributed by atoms with Crippen LogP contribution in [0.1, 0.15) is 30.1 Å². The largest absolute Gasteiger partial charge is 0.497 e. The Morgan fingerprint density at radius 3 is 2.92 bits per heavy atom. The smallest absolute Gasteiger partial charge is 0.252 e. The minimum Gasteiger partial charge on any atom is -0.497 e. The summed E-state index contributed by atoms with van der Waals surface area (Å²) in [4.78, 5) is 30.8. The fourth-order valence-electron chi connectivity index (χ4n) is 3.11. The maximum absolute atomic E-state index is 12.5. The summed E-state index contributed by atoms with van der Waals surface area (Å²) in [6.45, 7) is 2.82. The number of likely N-dealkylation sites (tertiary alicyclic amines) is 1. The topological polar surface area (TPSA) is 71.5 Å². The van der Waals surface area contributed by atoms with Crippen LogP contribution in [0.25, 0.3) is 10.9 Å². The summed E-state index contributed by atoms with van der Waals surface area (Å²) >= 11 is 0. The number of benzene rings is 1. The van der Waals surface area contributed by atoms with Crippen molar-refractivity contribution in [2.45, 2.75) is 25.8 Å². The Morgan fingerprint density at radius 1 is 1.38 bits per heavy atom. The fraction of sp³-hybridized carbons (Fsp3) is 0.389. The van der Waals surface area contributed by atoms with Crippen molar-refractivity contribution < 1.29 is 14.3 Å². The van der Waals surface area contributed by atoms with Gasteiger partial charge in [-0.2, -0.15) is 0 Å². The highest BCUT2D eigenvalue weighted by Crippen LogP contribution is 2.22. The summed E-state index contributed by atoms with van der Waals surface area (Å²) in [6.07, 6.45) is 3.64. The predicted molar refractivity (Wildman–Crippen MR) is 91.0 cm³/mol. The quantitative estimate of drug-likeness (QED) is 0.932. The molecule has 24 heavy (non-hydrogen) atoms. The molecule has 1 atom stereocenters. The van der Waals surface area contributed by atoms with Crippen LogP contribution >= 0.6 is 0 Å². The lowest BCUT2D eigenvalue weighted by Gasteiger charge is -2.21. The van der Waals surface area contributed by atoms with E-state index in [9.17, 15) is 9.59 Å². The molecule has 2 aromatic rings. The van der Waals surface area contributed by atoms with E-state index in [1.807, 2.05) is 17.9 Å². The SMILES string of the molecule is COc1ccc2nccc(C(=O)NCC(=O)N3CCC[C@@H]3C)c2c1. The first-order valence-electron chi connectivity index (χ1n) is 8.10. The molecule has 0 spiro atoms. The Bertz CT molecular complexity index is 775. The van der Waals surface area contributed by atoms with E-state index >= 15 is 0 Å². The lowest BCUT2D eigenvalue weighted by molar-refractivity contribution is -0.130. The zero-order valence-corrected chi connectivity index (χ0v) is 13.9. The molecule has 3 rings (SSSR count). The third kappa shape index (κ3) is 3.18. The number of carbonyl (C=O) groups excluding carboxylic acids is 2. The summed E-state index contributed by atoms with van der Waals surface area (Å²) in [7, 11) is 1.58. The van der Waals surface area contributed by atoms with Crippen LogP contribution in [0, 0.1) is 0 Å². The predicted octanol–water partition coefficient (Wildman–Crippen LogP) is 1.98. The van der Waals surface area contributed by atoms with Crippen LogP contribution in [0.4, 0.5) is 0 Å². The molecule has 1 fully saturated rings. The van der Waals surface area contributed by atoms with Gasteiger partial charge in [-0.1, -0.05) is 0 Å². The molecule has 1 saturated heterocycles. The Balaban J connectivity index is 1.75. The van der Waals surface area contributed by atoms with E-state index in [0.29, 0.717) is 22.2 Å². The Hall–Kier alpha value is -2.63. The Labute approximate surface area is 140 Å². The van der Waals surface area contributed by atoms with Crippen molar-refractivity contribution in [2.75, 3.05) is 20.2 Å². The number of hydrogen-bond acceptors (Lipinski definition) is 4. The molecule has 1 aromatic carbocycles. The summed E-state index contributed by atoms with van der Waals surface area (Å²) in [6, 6.07) is 7.29. The molecular formula is C18H21N3O3. The van der Waals surface area contributed by atoms with E-state index in [-0.39, 0.29) is 24.4 Å². The van der Waals surface area contributed by atoms with E-state index in [1.54, 1.807) is 31.5 Å². The van der Waals surface area contributed by atoms with Crippen molar-refractivity contribution in [3.05, 3.63) is 36.0 Å². The third-order valence-electron chi connectivity index (χ3n) is 4.47. The molecule has 1 aliphatic rings. The minimum atomic E-state index is -0.282. The molecule has 1 aliphatic heterocycles. The van der Waals surface area contributed by atoms with Crippen LogP contribution in [0.15, 0.2) is 30.5 Å². The standard InChI is InChI=1S/C18H21N3O3/c1-12-4-3-9-21(12)17(22)11-20-18(23)14-7-8-19-16-6-5-13(24-2)10-15(14)16/h5-8,10,12H,3-4,9,11H2,1-2H3,(H,20,23)/t12-/m0/s1. The van der Waals surface area contributed by atoms with Gasteiger partial charge in [-0.05, 0) is 44.0 Å². The number of methoxy groups -OCH3 is 1. The van der Waals surface area contributed by atoms with Gasteiger partial charge in [-0.25, -0.2) is 0 Å². The summed E-state index contributed by atoms with van der Waals surface area (Å²) in [5.74, 6) is 0.340. The lowest BCUT2D eigenvalue weighted by atomic mass is 10.1.